The minimum absolute atomic E-state index is 0.0430. The number of aliphatic hydroxyl groups excluding tert-OH is 1. The molecule has 0 fully saturated rings. The van der Waals surface area contributed by atoms with Gasteiger partial charge in [0.25, 0.3) is 0 Å². The van der Waals surface area contributed by atoms with Gasteiger partial charge in [-0.05, 0) is 51.1 Å². The summed E-state index contributed by atoms with van der Waals surface area (Å²) >= 11 is 0. The molecular weight excluding hydrogens is 321 g/mol. The normalized spacial score (nSPS) is 16.3. The fourth-order valence-electron chi connectivity index (χ4n) is 4.35. The van der Waals surface area contributed by atoms with Gasteiger partial charge in [-0.2, -0.15) is 0 Å². The van der Waals surface area contributed by atoms with E-state index >= 15 is 0 Å². The van der Waals surface area contributed by atoms with Crippen LogP contribution in [0.3, 0.4) is 0 Å². The first-order valence-corrected chi connectivity index (χ1v) is 9.81. The summed E-state index contributed by atoms with van der Waals surface area (Å²) in [4.78, 5) is 2.42. The van der Waals surface area contributed by atoms with E-state index in [2.05, 4.69) is 93.3 Å². The molecule has 3 N–H and O–H groups in total. The Balaban J connectivity index is 2.03. The van der Waals surface area contributed by atoms with Gasteiger partial charge in [-0.1, -0.05) is 38.1 Å². The molecule has 140 valence electrons. The molecule has 0 bridgehead atoms. The van der Waals surface area contributed by atoms with E-state index in [9.17, 15) is 5.11 Å². The Labute approximate surface area is 158 Å². The quantitative estimate of drug-likeness (QED) is 0.681. The highest BCUT2D eigenvalue weighted by atomic mass is 16.3. The van der Waals surface area contributed by atoms with Gasteiger partial charge < -0.3 is 15.6 Å². The highest BCUT2D eigenvalue weighted by Gasteiger charge is 2.43. The number of nitrogens with one attached hydrogen (secondary N) is 2. The summed E-state index contributed by atoms with van der Waals surface area (Å²) in [6, 6.07) is 13.4. The summed E-state index contributed by atoms with van der Waals surface area (Å²) in [7, 11) is 0. The molecule has 0 saturated heterocycles. The molecule has 4 nitrogen and oxygen atoms in total. The molecule has 0 spiro atoms. The lowest BCUT2D eigenvalue weighted by Crippen LogP contribution is -2.65. The molecule has 0 amide bonds. The predicted octanol–water partition coefficient (Wildman–Crippen LogP) is 4.21. The van der Waals surface area contributed by atoms with E-state index in [1.807, 2.05) is 0 Å². The third-order valence-corrected chi connectivity index (χ3v) is 5.44. The van der Waals surface area contributed by atoms with Crippen molar-refractivity contribution in [3.05, 3.63) is 36.4 Å². The maximum atomic E-state index is 11.1. The van der Waals surface area contributed by atoms with E-state index in [0.717, 1.165) is 11.4 Å². The van der Waals surface area contributed by atoms with Gasteiger partial charge in [0, 0.05) is 28.8 Å². The summed E-state index contributed by atoms with van der Waals surface area (Å²) in [6.07, 6.45) is -0.436. The third-order valence-electron chi connectivity index (χ3n) is 5.44. The highest BCUT2D eigenvalue weighted by Crippen LogP contribution is 2.35. The van der Waals surface area contributed by atoms with E-state index in [0.29, 0.717) is 12.1 Å². The molecule has 1 aliphatic heterocycles. The topological polar surface area (TPSA) is 47.5 Å². The molecule has 2 aromatic rings. The van der Waals surface area contributed by atoms with E-state index in [-0.39, 0.29) is 18.8 Å². The first kappa shape index (κ1) is 19.1. The second-order valence-electron chi connectivity index (χ2n) is 8.34. The van der Waals surface area contributed by atoms with Gasteiger partial charge in [0.05, 0.1) is 12.0 Å². The fourth-order valence-corrected chi connectivity index (χ4v) is 4.35. The summed E-state index contributed by atoms with van der Waals surface area (Å²) in [5.41, 5.74) is 2.27. The van der Waals surface area contributed by atoms with Crippen LogP contribution in [0, 0.1) is 5.92 Å². The molecule has 1 aliphatic rings. The molecule has 5 heteroatoms. The van der Waals surface area contributed by atoms with Crippen LogP contribution in [-0.4, -0.2) is 41.1 Å². The first-order chi connectivity index (χ1) is 12.3. The zero-order valence-corrected chi connectivity index (χ0v) is 16.8. The van der Waals surface area contributed by atoms with Crippen molar-refractivity contribution in [1.82, 2.24) is 4.90 Å². The zero-order valence-electron chi connectivity index (χ0n) is 16.8. The molecule has 0 saturated carbocycles. The summed E-state index contributed by atoms with van der Waals surface area (Å²) in [5.74, 6) is 0.134. The SMILES string of the molecule is CC(C)[C@@H](O)[C@@H](B1Nc2cccc3cccc(c23)N1)N(C(C)C)C(C)C. The standard InChI is InChI=1S/C21H32BN3O/c1-13(2)20(26)21(25(14(3)4)15(5)6)22-23-17-11-7-9-16-10-8-12-18(24-22)19(16)17/h7-15,20-21,23-24,26H,1-6H3/t20-,21+/m1/s1. The van der Waals surface area contributed by atoms with Gasteiger partial charge in [0.2, 0.25) is 0 Å². The van der Waals surface area contributed by atoms with Crippen LogP contribution in [0.25, 0.3) is 10.8 Å². The van der Waals surface area contributed by atoms with Crippen LogP contribution in [-0.2, 0) is 0 Å². The summed E-state index contributed by atoms with van der Waals surface area (Å²) in [5, 5.41) is 20.9. The van der Waals surface area contributed by atoms with Gasteiger partial charge in [0.15, 0.2) is 0 Å². The van der Waals surface area contributed by atoms with Crippen LogP contribution in [0.2, 0.25) is 0 Å². The van der Waals surface area contributed by atoms with Crippen LogP contribution in [0.5, 0.6) is 0 Å². The lowest BCUT2D eigenvalue weighted by Gasteiger charge is -2.45. The maximum absolute atomic E-state index is 11.1. The van der Waals surface area contributed by atoms with Crippen LogP contribution in [0.1, 0.15) is 41.5 Å². The van der Waals surface area contributed by atoms with Gasteiger partial charge in [-0.3, -0.25) is 4.90 Å². The van der Waals surface area contributed by atoms with Crippen LogP contribution < -0.4 is 10.5 Å². The Morgan fingerprint density at radius 1 is 0.846 bits per heavy atom. The molecule has 0 aromatic heterocycles. The fraction of sp³-hybridized carbons (Fsp3) is 0.524. The monoisotopic (exact) mass is 353 g/mol. The van der Waals surface area contributed by atoms with E-state index in [1.165, 1.54) is 10.8 Å². The molecule has 0 radical (unpaired) electrons. The first-order valence-electron chi connectivity index (χ1n) is 9.81. The smallest absolute Gasteiger partial charge is 0.391 e. The van der Waals surface area contributed by atoms with Crippen molar-refractivity contribution in [3.8, 4) is 0 Å². The molecule has 2 aromatic carbocycles. The number of anilines is 2. The van der Waals surface area contributed by atoms with Crippen molar-refractivity contribution >= 4 is 29.1 Å². The Hall–Kier alpha value is -1.72. The number of benzene rings is 2. The average molecular weight is 353 g/mol. The van der Waals surface area contributed by atoms with E-state index < -0.39 is 6.10 Å². The van der Waals surface area contributed by atoms with Crippen LogP contribution in [0.15, 0.2) is 36.4 Å². The number of rotatable bonds is 6. The number of hydrogen-bond donors (Lipinski definition) is 3. The Morgan fingerprint density at radius 2 is 1.35 bits per heavy atom. The Morgan fingerprint density at radius 3 is 1.77 bits per heavy atom. The summed E-state index contributed by atoms with van der Waals surface area (Å²) in [6.45, 7) is 12.9. The maximum Gasteiger partial charge on any atom is 0.391 e. The van der Waals surface area contributed by atoms with Crippen molar-refractivity contribution in [2.24, 2.45) is 5.92 Å². The largest absolute Gasteiger partial charge is 0.408 e. The lowest BCUT2D eigenvalue weighted by molar-refractivity contribution is 0.0243. The van der Waals surface area contributed by atoms with Gasteiger partial charge in [-0.25, -0.2) is 0 Å². The van der Waals surface area contributed by atoms with Crippen molar-refractivity contribution in [2.75, 3.05) is 10.5 Å². The number of hydrogen-bond acceptors (Lipinski definition) is 4. The molecule has 0 aliphatic carbocycles. The second kappa shape index (κ2) is 7.49. The average Bonchev–Trinajstić information content (AvgIpc) is 2.58. The van der Waals surface area contributed by atoms with Gasteiger partial charge in [0.1, 0.15) is 0 Å². The zero-order chi connectivity index (χ0) is 19.0. The minimum Gasteiger partial charge on any atom is -0.408 e. The second-order valence-corrected chi connectivity index (χ2v) is 8.34. The molecule has 0 unspecified atom stereocenters. The Bertz CT molecular complexity index is 713. The minimum atomic E-state index is -0.436. The lowest BCUT2D eigenvalue weighted by atomic mass is 9.60. The summed E-state index contributed by atoms with van der Waals surface area (Å²) < 4.78 is 0. The molecule has 1 heterocycles. The van der Waals surface area contributed by atoms with E-state index in [4.69, 9.17) is 0 Å². The van der Waals surface area contributed by atoms with Gasteiger partial charge >= 0.3 is 6.98 Å². The van der Waals surface area contributed by atoms with Crippen molar-refractivity contribution < 1.29 is 5.11 Å². The van der Waals surface area contributed by atoms with Crippen molar-refractivity contribution in [1.29, 1.82) is 0 Å². The highest BCUT2D eigenvalue weighted by molar-refractivity contribution is 6.69. The Kier molecular flexibility index (Phi) is 5.49. The molecule has 26 heavy (non-hydrogen) atoms. The molecule has 3 rings (SSSR count). The predicted molar refractivity (Wildman–Crippen MR) is 114 cm³/mol. The van der Waals surface area contributed by atoms with Crippen molar-refractivity contribution in [2.45, 2.75) is 65.7 Å². The third kappa shape index (κ3) is 3.43. The van der Waals surface area contributed by atoms with Gasteiger partial charge in [-0.15, -0.1) is 0 Å². The molecular formula is C21H32BN3O. The number of aliphatic hydroxyl groups is 1. The van der Waals surface area contributed by atoms with Crippen LogP contribution >= 0.6 is 0 Å². The number of nitrogens with zero attached hydrogens (tertiary/aromatic N) is 1. The van der Waals surface area contributed by atoms with Crippen molar-refractivity contribution in [3.63, 3.8) is 0 Å². The van der Waals surface area contributed by atoms with Crippen LogP contribution in [0.4, 0.5) is 11.4 Å². The van der Waals surface area contributed by atoms with E-state index in [1.54, 1.807) is 0 Å². The molecule has 2 atom stereocenters.